The molecule has 0 aliphatic rings. The van der Waals surface area contributed by atoms with Crippen LogP contribution in [0.2, 0.25) is 0 Å². The van der Waals surface area contributed by atoms with Gasteiger partial charge in [-0.25, -0.2) is 0 Å². The molecule has 0 aromatic carbocycles. The molecule has 0 bridgehead atoms. The Morgan fingerprint density at radius 2 is 1.45 bits per heavy atom. The van der Waals surface area contributed by atoms with Crippen LogP contribution in [0.5, 0.6) is 0 Å². The van der Waals surface area contributed by atoms with Crippen molar-refractivity contribution in [3.05, 3.63) is 37.5 Å². The fourth-order valence-corrected chi connectivity index (χ4v) is 0.359. The second kappa shape index (κ2) is 16.1. The van der Waals surface area contributed by atoms with Gasteiger partial charge in [0.25, 0.3) is 0 Å². The first-order valence-electron chi connectivity index (χ1n) is 4.20. The summed E-state index contributed by atoms with van der Waals surface area (Å²) in [5.74, 6) is 0. The van der Waals surface area contributed by atoms with E-state index in [0.717, 1.165) is 19.3 Å². The zero-order valence-corrected chi connectivity index (χ0v) is 7.84. The highest BCUT2D eigenvalue weighted by molar-refractivity contribution is 4.87. The van der Waals surface area contributed by atoms with E-state index in [1.54, 1.807) is 0 Å². The second-order valence-corrected chi connectivity index (χ2v) is 2.10. The topological polar surface area (TPSA) is 0 Å². The average Bonchev–Trinajstić information content (AvgIpc) is 2.06. The van der Waals surface area contributed by atoms with E-state index in [-0.39, 0.29) is 0 Å². The maximum atomic E-state index is 3.58. The molecule has 0 nitrogen and oxygen atoms in total. The zero-order valence-electron chi connectivity index (χ0n) is 7.84. The van der Waals surface area contributed by atoms with Gasteiger partial charge < -0.3 is 0 Å². The average molecular weight is 152 g/mol. The molecule has 0 amide bonds. The third kappa shape index (κ3) is 27.0. The van der Waals surface area contributed by atoms with Crippen molar-refractivity contribution in [2.24, 2.45) is 0 Å². The highest BCUT2D eigenvalue weighted by Gasteiger charge is 1.63. The lowest BCUT2D eigenvalue weighted by molar-refractivity contribution is 1.20. The van der Waals surface area contributed by atoms with Gasteiger partial charge in [0.2, 0.25) is 0 Å². The van der Waals surface area contributed by atoms with Crippen LogP contribution in [0, 0.1) is 0 Å². The Balaban J connectivity index is 0. The molecule has 0 atom stereocenters. The summed E-state index contributed by atoms with van der Waals surface area (Å²) in [5.41, 5.74) is 0. The van der Waals surface area contributed by atoms with Crippen LogP contribution in [0.1, 0.15) is 33.1 Å². The van der Waals surface area contributed by atoms with E-state index in [9.17, 15) is 0 Å². The van der Waals surface area contributed by atoms with Crippen LogP contribution < -0.4 is 0 Å². The van der Waals surface area contributed by atoms with E-state index in [0.29, 0.717) is 0 Å². The molecule has 0 radical (unpaired) electrons. The van der Waals surface area contributed by atoms with Crippen LogP contribution >= 0.6 is 0 Å². The molecule has 0 saturated carbocycles. The second-order valence-electron chi connectivity index (χ2n) is 2.10. The van der Waals surface area contributed by atoms with Gasteiger partial charge >= 0.3 is 0 Å². The lowest BCUT2D eigenvalue weighted by Gasteiger charge is -1.75. The Kier molecular flexibility index (Phi) is 18.8. The normalized spacial score (nSPS) is 8.55. The zero-order chi connectivity index (χ0) is 8.95. The molecule has 11 heavy (non-hydrogen) atoms. The first-order valence-corrected chi connectivity index (χ1v) is 4.20. The Morgan fingerprint density at radius 1 is 0.909 bits per heavy atom. The molecule has 0 fully saturated rings. The fourth-order valence-electron chi connectivity index (χ4n) is 0.359. The van der Waals surface area contributed by atoms with Crippen LogP contribution in [-0.2, 0) is 0 Å². The molecule has 0 heterocycles. The Bertz CT molecular complexity index is 98.6. The van der Waals surface area contributed by atoms with Gasteiger partial charge in [-0.15, -0.1) is 13.2 Å². The Labute approximate surface area is 71.3 Å². The summed E-state index contributed by atoms with van der Waals surface area (Å²) in [4.78, 5) is 0. The molecular formula is C11H20. The van der Waals surface area contributed by atoms with E-state index in [1.807, 2.05) is 12.2 Å². The molecule has 0 aliphatic carbocycles. The number of allylic oxidation sites excluding steroid dienone is 4. The highest BCUT2D eigenvalue weighted by Crippen LogP contribution is 1.84. The summed E-state index contributed by atoms with van der Waals surface area (Å²) in [6.45, 7) is 11.2. The van der Waals surface area contributed by atoms with Gasteiger partial charge in [-0.2, -0.15) is 0 Å². The smallest absolute Gasteiger partial charge is 0.0172 e. The quantitative estimate of drug-likeness (QED) is 0.532. The predicted octanol–water partition coefficient (Wildman–Crippen LogP) is 4.11. The van der Waals surface area contributed by atoms with Crippen LogP contribution in [0.25, 0.3) is 0 Å². The van der Waals surface area contributed by atoms with Crippen molar-refractivity contribution in [1.82, 2.24) is 0 Å². The van der Waals surface area contributed by atoms with Gasteiger partial charge in [-0.05, 0) is 19.3 Å². The summed E-state index contributed by atoms with van der Waals surface area (Å²) in [6.07, 6.45) is 11.3. The van der Waals surface area contributed by atoms with Crippen molar-refractivity contribution in [3.8, 4) is 0 Å². The minimum absolute atomic E-state index is 1.01. The maximum Gasteiger partial charge on any atom is -0.0172 e. The lowest BCUT2D eigenvalue weighted by Crippen LogP contribution is -1.53. The van der Waals surface area contributed by atoms with Crippen molar-refractivity contribution >= 4 is 0 Å². The van der Waals surface area contributed by atoms with Crippen molar-refractivity contribution in [2.45, 2.75) is 33.1 Å². The van der Waals surface area contributed by atoms with Gasteiger partial charge in [0.1, 0.15) is 0 Å². The summed E-state index contributed by atoms with van der Waals surface area (Å²) >= 11 is 0. The SMILES string of the molecule is C=CCC.C=CCC=CCC. The van der Waals surface area contributed by atoms with Crippen LogP contribution in [-0.4, -0.2) is 0 Å². The largest absolute Gasteiger partial charge is 0.103 e. The third-order valence-electron chi connectivity index (χ3n) is 0.994. The predicted molar refractivity (Wildman–Crippen MR) is 54.7 cm³/mol. The molecule has 0 aliphatic heterocycles. The highest BCUT2D eigenvalue weighted by atomic mass is 13.7. The molecular weight excluding hydrogens is 132 g/mol. The van der Waals surface area contributed by atoms with Crippen molar-refractivity contribution < 1.29 is 0 Å². The molecule has 0 saturated heterocycles. The van der Waals surface area contributed by atoms with E-state index >= 15 is 0 Å². The van der Waals surface area contributed by atoms with Crippen molar-refractivity contribution in [3.63, 3.8) is 0 Å². The third-order valence-corrected chi connectivity index (χ3v) is 0.994. The number of rotatable bonds is 4. The van der Waals surface area contributed by atoms with Crippen molar-refractivity contribution in [1.29, 1.82) is 0 Å². The number of hydrogen-bond acceptors (Lipinski definition) is 0. The van der Waals surface area contributed by atoms with Gasteiger partial charge in [0.05, 0.1) is 0 Å². The monoisotopic (exact) mass is 152 g/mol. The van der Waals surface area contributed by atoms with E-state index in [2.05, 4.69) is 39.2 Å². The standard InChI is InChI=1S/C7H12.C4H8/c1-3-5-7-6-4-2;1-3-4-2/h3,6-7H,1,4-5H2,2H3;3H,1,4H2,2H3. The van der Waals surface area contributed by atoms with E-state index in [4.69, 9.17) is 0 Å². The minimum Gasteiger partial charge on any atom is -0.103 e. The van der Waals surface area contributed by atoms with Crippen molar-refractivity contribution in [2.75, 3.05) is 0 Å². The molecule has 64 valence electrons. The van der Waals surface area contributed by atoms with E-state index in [1.165, 1.54) is 0 Å². The molecule has 0 rings (SSSR count). The molecule has 0 aromatic heterocycles. The molecule has 0 heteroatoms. The summed E-state index contributed by atoms with van der Waals surface area (Å²) in [5, 5.41) is 0. The number of hydrogen-bond donors (Lipinski definition) is 0. The van der Waals surface area contributed by atoms with Gasteiger partial charge in [-0.1, -0.05) is 38.2 Å². The summed E-state index contributed by atoms with van der Waals surface area (Å²) in [7, 11) is 0. The van der Waals surface area contributed by atoms with Crippen LogP contribution in [0.15, 0.2) is 37.5 Å². The molecule has 0 aromatic rings. The lowest BCUT2D eigenvalue weighted by atomic mass is 10.3. The summed E-state index contributed by atoms with van der Waals surface area (Å²) < 4.78 is 0. The Morgan fingerprint density at radius 3 is 1.73 bits per heavy atom. The molecule has 0 N–H and O–H groups in total. The molecule has 0 unspecified atom stereocenters. The first-order chi connectivity index (χ1) is 5.33. The summed E-state index contributed by atoms with van der Waals surface area (Å²) in [6, 6.07) is 0. The fraction of sp³-hybridized carbons (Fsp3) is 0.455. The van der Waals surface area contributed by atoms with Gasteiger partial charge in [-0.3, -0.25) is 0 Å². The van der Waals surface area contributed by atoms with Gasteiger partial charge in [0.15, 0.2) is 0 Å². The Hall–Kier alpha value is -0.780. The van der Waals surface area contributed by atoms with Gasteiger partial charge in [0, 0.05) is 0 Å². The molecule has 0 spiro atoms. The van der Waals surface area contributed by atoms with Crippen LogP contribution in [0.4, 0.5) is 0 Å². The van der Waals surface area contributed by atoms with E-state index < -0.39 is 0 Å². The first kappa shape index (κ1) is 12.9. The van der Waals surface area contributed by atoms with Crippen LogP contribution in [0.3, 0.4) is 0 Å². The maximum absolute atomic E-state index is 3.58. The minimum atomic E-state index is 1.01.